The number of rotatable bonds is 16. The van der Waals surface area contributed by atoms with Gasteiger partial charge < -0.3 is 10.2 Å². The van der Waals surface area contributed by atoms with Gasteiger partial charge >= 0.3 is 10.4 Å². The molecule has 0 rings (SSSR count). The second-order valence-electron chi connectivity index (χ2n) is 6.48. The number of hydrogen-bond donors (Lipinski definition) is 3. The van der Waals surface area contributed by atoms with Crippen molar-refractivity contribution in [1.29, 1.82) is 0 Å². The summed E-state index contributed by atoms with van der Waals surface area (Å²) >= 11 is 0. The molecule has 0 saturated heterocycles. The zero-order chi connectivity index (χ0) is 21.2. The van der Waals surface area contributed by atoms with Crippen LogP contribution in [0, 0.1) is 0 Å². The molecule has 27 heavy (non-hydrogen) atoms. The summed E-state index contributed by atoms with van der Waals surface area (Å²) in [5.74, 6) is 0. The van der Waals surface area contributed by atoms with E-state index in [0.717, 1.165) is 12.8 Å². The first kappa shape index (κ1) is 31.5. The molecular weight excluding hydrogens is 368 g/mol. The van der Waals surface area contributed by atoms with Crippen LogP contribution in [0.4, 0.5) is 0 Å². The molecule has 0 heterocycles. The minimum atomic E-state index is -4.24. The minimum Gasteiger partial charge on any atom is -0.397 e. The molecule has 0 aliphatic rings. The fourth-order valence-corrected chi connectivity index (χ4v) is 2.79. The van der Waals surface area contributed by atoms with Gasteiger partial charge in [-0.25, -0.2) is 4.18 Å². The van der Waals surface area contributed by atoms with Crippen molar-refractivity contribution in [3.8, 4) is 0 Å². The summed E-state index contributed by atoms with van der Waals surface area (Å²) in [4.78, 5) is 0. The molecule has 0 aliphatic heterocycles. The zero-order valence-corrected chi connectivity index (χ0v) is 18.8. The van der Waals surface area contributed by atoms with Crippen LogP contribution in [0.5, 0.6) is 0 Å². The highest BCUT2D eigenvalue weighted by Gasteiger charge is 2.02. The Labute approximate surface area is 168 Å². The van der Waals surface area contributed by atoms with Crippen LogP contribution >= 0.6 is 0 Å². The molecule has 0 aromatic heterocycles. The summed E-state index contributed by atoms with van der Waals surface area (Å²) in [6.45, 7) is 6.21. The maximum absolute atomic E-state index is 10.3. The van der Waals surface area contributed by atoms with E-state index in [0.29, 0.717) is 6.42 Å². The van der Waals surface area contributed by atoms with Crippen LogP contribution in [0.15, 0.2) is 0 Å². The van der Waals surface area contributed by atoms with Gasteiger partial charge in [0, 0.05) is 13.2 Å². The summed E-state index contributed by atoms with van der Waals surface area (Å²) in [5.41, 5.74) is 0. The zero-order valence-electron chi connectivity index (χ0n) is 18.0. The summed E-state index contributed by atoms with van der Waals surface area (Å²) in [6, 6.07) is 0. The van der Waals surface area contributed by atoms with E-state index in [9.17, 15) is 8.42 Å². The van der Waals surface area contributed by atoms with E-state index < -0.39 is 10.4 Å². The Bertz CT molecular complexity index is 331. The molecule has 168 valence electrons. The monoisotopic (exact) mass is 414 g/mol. The van der Waals surface area contributed by atoms with Gasteiger partial charge in [0.25, 0.3) is 0 Å². The highest BCUT2D eigenvalue weighted by atomic mass is 32.3. The van der Waals surface area contributed by atoms with E-state index in [1.807, 2.05) is 0 Å². The number of aliphatic hydroxyl groups is 2. The Balaban J connectivity index is -0.000000840. The third-order valence-electron chi connectivity index (χ3n) is 3.73. The van der Waals surface area contributed by atoms with E-state index in [4.69, 9.17) is 14.8 Å². The highest BCUT2D eigenvalue weighted by molar-refractivity contribution is 7.80. The molecule has 0 aliphatic carbocycles. The van der Waals surface area contributed by atoms with E-state index in [-0.39, 0.29) is 19.8 Å². The fourth-order valence-electron chi connectivity index (χ4n) is 2.46. The molecular formula is C20H46O6S. The van der Waals surface area contributed by atoms with E-state index in [1.165, 1.54) is 70.6 Å². The van der Waals surface area contributed by atoms with Crippen LogP contribution in [-0.2, 0) is 14.6 Å². The van der Waals surface area contributed by atoms with Crippen LogP contribution in [0.1, 0.15) is 111 Å². The van der Waals surface area contributed by atoms with E-state index >= 15 is 0 Å². The predicted octanol–water partition coefficient (Wildman–Crippen LogP) is 5.28. The molecule has 7 heteroatoms. The predicted molar refractivity (Wildman–Crippen MR) is 113 cm³/mol. The lowest BCUT2D eigenvalue weighted by Crippen LogP contribution is -2.04. The Hall–Kier alpha value is -0.210. The first-order chi connectivity index (χ1) is 12.9. The lowest BCUT2D eigenvalue weighted by molar-refractivity contribution is 0.261. The molecule has 0 atom stereocenters. The molecule has 0 saturated carbocycles. The van der Waals surface area contributed by atoms with Gasteiger partial charge in [-0.3, -0.25) is 4.55 Å². The van der Waals surface area contributed by atoms with Gasteiger partial charge in [0.1, 0.15) is 0 Å². The summed E-state index contributed by atoms with van der Waals surface area (Å²) in [5, 5.41) is 15.1. The molecule has 0 amide bonds. The first-order valence-corrected chi connectivity index (χ1v) is 12.1. The summed E-state index contributed by atoms with van der Waals surface area (Å²) in [6.07, 6.45) is 17.6. The van der Waals surface area contributed by atoms with Crippen molar-refractivity contribution in [2.75, 3.05) is 19.8 Å². The van der Waals surface area contributed by atoms with Gasteiger partial charge in [-0.15, -0.1) is 0 Å². The lowest BCUT2D eigenvalue weighted by Gasteiger charge is -2.03. The topological polar surface area (TPSA) is 104 Å². The standard InChI is InChI=1S/C16H34O4S.2C2H6O/c1-2-3-4-5-6-7-8-9-10-11-12-13-14-15-16-20-21(17,18)19;2*1-2-3/h2-16H2,1H3,(H,17,18,19);2*3H,2H2,1H3. The Morgan fingerprint density at radius 2 is 0.852 bits per heavy atom. The molecule has 6 nitrogen and oxygen atoms in total. The molecule has 0 aromatic rings. The van der Waals surface area contributed by atoms with Crippen molar-refractivity contribution in [3.05, 3.63) is 0 Å². The number of unbranched alkanes of at least 4 members (excludes halogenated alkanes) is 13. The average molecular weight is 415 g/mol. The van der Waals surface area contributed by atoms with Gasteiger partial charge in [-0.05, 0) is 20.3 Å². The van der Waals surface area contributed by atoms with Crippen molar-refractivity contribution in [1.82, 2.24) is 0 Å². The van der Waals surface area contributed by atoms with Crippen molar-refractivity contribution >= 4 is 10.4 Å². The molecule has 0 fully saturated rings. The van der Waals surface area contributed by atoms with E-state index in [1.54, 1.807) is 13.8 Å². The quantitative estimate of drug-likeness (QED) is 0.234. The second-order valence-corrected chi connectivity index (χ2v) is 7.57. The van der Waals surface area contributed by atoms with Crippen LogP contribution in [0.3, 0.4) is 0 Å². The van der Waals surface area contributed by atoms with Crippen LogP contribution in [-0.4, -0.2) is 43.0 Å². The van der Waals surface area contributed by atoms with Crippen LogP contribution in [0.2, 0.25) is 0 Å². The highest BCUT2D eigenvalue weighted by Crippen LogP contribution is 2.12. The third kappa shape index (κ3) is 46.1. The molecule has 0 aromatic carbocycles. The normalized spacial score (nSPS) is 10.6. The van der Waals surface area contributed by atoms with E-state index in [2.05, 4.69) is 11.1 Å². The van der Waals surface area contributed by atoms with Gasteiger partial charge in [-0.1, -0.05) is 90.4 Å². The molecule has 0 unspecified atom stereocenters. The van der Waals surface area contributed by atoms with Gasteiger partial charge in [0.05, 0.1) is 6.61 Å². The smallest absolute Gasteiger partial charge is 0.397 e. The summed E-state index contributed by atoms with van der Waals surface area (Å²) < 4.78 is 33.2. The molecule has 0 radical (unpaired) electrons. The second kappa shape index (κ2) is 28.0. The van der Waals surface area contributed by atoms with Crippen LogP contribution in [0.25, 0.3) is 0 Å². The van der Waals surface area contributed by atoms with Crippen molar-refractivity contribution in [2.45, 2.75) is 111 Å². The molecule has 0 bridgehead atoms. The average Bonchev–Trinajstić information content (AvgIpc) is 2.59. The van der Waals surface area contributed by atoms with Gasteiger partial charge in [-0.2, -0.15) is 8.42 Å². The lowest BCUT2D eigenvalue weighted by atomic mass is 10.0. The minimum absolute atomic E-state index is 0.0941. The third-order valence-corrected chi connectivity index (χ3v) is 4.19. The van der Waals surface area contributed by atoms with Gasteiger partial charge in [0.2, 0.25) is 0 Å². The fraction of sp³-hybridized carbons (Fsp3) is 1.00. The molecule has 0 spiro atoms. The SMILES string of the molecule is CCCCCCCCCCCCCCCCOS(=O)(=O)O.CCO.CCO. The Morgan fingerprint density at radius 1 is 0.593 bits per heavy atom. The largest absolute Gasteiger partial charge is 0.397 e. The van der Waals surface area contributed by atoms with Crippen LogP contribution < -0.4 is 0 Å². The van der Waals surface area contributed by atoms with Gasteiger partial charge in [0.15, 0.2) is 0 Å². The maximum atomic E-state index is 10.3. The van der Waals surface area contributed by atoms with Crippen molar-refractivity contribution in [2.24, 2.45) is 0 Å². The van der Waals surface area contributed by atoms with Crippen molar-refractivity contribution in [3.63, 3.8) is 0 Å². The first-order valence-electron chi connectivity index (χ1n) is 10.7. The Morgan fingerprint density at radius 3 is 1.11 bits per heavy atom. The molecule has 3 N–H and O–H groups in total. The maximum Gasteiger partial charge on any atom is 0.397 e. The van der Waals surface area contributed by atoms with Crippen molar-refractivity contribution < 1.29 is 27.4 Å². The summed E-state index contributed by atoms with van der Waals surface area (Å²) in [7, 11) is -4.24. The number of aliphatic hydroxyl groups excluding tert-OH is 2. The Kier molecular flexibility index (Phi) is 32.7. The number of hydrogen-bond acceptors (Lipinski definition) is 5.